The van der Waals surface area contributed by atoms with E-state index in [1.165, 1.54) is 11.3 Å². The highest BCUT2D eigenvalue weighted by molar-refractivity contribution is 7.15. The van der Waals surface area contributed by atoms with Gasteiger partial charge in [-0.15, -0.1) is 11.3 Å². The van der Waals surface area contributed by atoms with Gasteiger partial charge in [-0.1, -0.05) is 30.3 Å². The van der Waals surface area contributed by atoms with E-state index in [1.807, 2.05) is 73.1 Å². The molecule has 2 aromatic carbocycles. The Kier molecular flexibility index (Phi) is 5.16. The number of carbonyl (C=O) groups is 1. The van der Waals surface area contributed by atoms with Gasteiger partial charge in [-0.3, -0.25) is 9.20 Å². The van der Waals surface area contributed by atoms with Gasteiger partial charge in [0.25, 0.3) is 5.91 Å². The molecule has 28 heavy (non-hydrogen) atoms. The van der Waals surface area contributed by atoms with Crippen molar-refractivity contribution in [2.75, 3.05) is 0 Å². The van der Waals surface area contributed by atoms with Crippen LogP contribution in [0.3, 0.4) is 0 Å². The summed E-state index contributed by atoms with van der Waals surface area (Å²) in [7, 11) is 0. The molecule has 0 aliphatic rings. The van der Waals surface area contributed by atoms with Gasteiger partial charge in [0.1, 0.15) is 18.1 Å². The quantitative estimate of drug-likeness (QED) is 0.399. The fourth-order valence-electron chi connectivity index (χ4n) is 2.78. The number of ether oxygens (including phenoxy) is 1. The molecule has 1 amide bonds. The predicted octanol–water partition coefficient (Wildman–Crippen LogP) is 4.05. The number of carbonyl (C=O) groups excluding carboxylic acids is 1. The Morgan fingerprint density at radius 1 is 1.21 bits per heavy atom. The molecule has 0 radical (unpaired) electrons. The van der Waals surface area contributed by atoms with Gasteiger partial charge in [0.2, 0.25) is 0 Å². The first-order valence-corrected chi connectivity index (χ1v) is 9.61. The Bertz CT molecular complexity index is 1110. The summed E-state index contributed by atoms with van der Waals surface area (Å²) in [4.78, 5) is 17.6. The Labute approximate surface area is 166 Å². The summed E-state index contributed by atoms with van der Waals surface area (Å²) in [5, 5.41) is 5.94. The van der Waals surface area contributed by atoms with Gasteiger partial charge in [-0.2, -0.15) is 5.10 Å². The molecule has 0 saturated heterocycles. The molecule has 1 N–H and O–H groups in total. The van der Waals surface area contributed by atoms with E-state index in [4.69, 9.17) is 4.74 Å². The number of aromatic nitrogens is 2. The number of thiazole rings is 1. The van der Waals surface area contributed by atoms with E-state index < -0.39 is 0 Å². The molecule has 0 aliphatic carbocycles. The number of amides is 1. The Morgan fingerprint density at radius 2 is 2.00 bits per heavy atom. The van der Waals surface area contributed by atoms with Crippen molar-refractivity contribution in [2.24, 2.45) is 5.10 Å². The van der Waals surface area contributed by atoms with Gasteiger partial charge < -0.3 is 4.74 Å². The van der Waals surface area contributed by atoms with Crippen LogP contribution < -0.4 is 10.2 Å². The first-order valence-electron chi connectivity index (χ1n) is 8.73. The first kappa shape index (κ1) is 17.9. The van der Waals surface area contributed by atoms with E-state index in [1.54, 1.807) is 10.6 Å². The maximum absolute atomic E-state index is 12.4. The molecule has 2 heterocycles. The van der Waals surface area contributed by atoms with E-state index >= 15 is 0 Å². The van der Waals surface area contributed by atoms with Gasteiger partial charge in [0.05, 0.1) is 11.9 Å². The Hall–Kier alpha value is -3.45. The summed E-state index contributed by atoms with van der Waals surface area (Å²) in [6.07, 6.45) is 3.42. The van der Waals surface area contributed by atoms with Crippen LogP contribution >= 0.6 is 11.3 Å². The summed E-state index contributed by atoms with van der Waals surface area (Å²) < 4.78 is 7.53. The van der Waals surface area contributed by atoms with Gasteiger partial charge in [0.15, 0.2) is 4.96 Å². The molecule has 140 valence electrons. The number of imidazole rings is 1. The molecule has 0 unspecified atom stereocenters. The second-order valence-corrected chi connectivity index (χ2v) is 7.02. The highest BCUT2D eigenvalue weighted by Crippen LogP contribution is 2.17. The number of nitrogens with one attached hydrogen (secondary N) is 1. The topological polar surface area (TPSA) is 68.0 Å². The fraction of sp³-hybridized carbons (Fsp3) is 0.0952. The monoisotopic (exact) mass is 390 g/mol. The van der Waals surface area contributed by atoms with E-state index in [0.29, 0.717) is 18.0 Å². The summed E-state index contributed by atoms with van der Waals surface area (Å²) in [5.41, 5.74) is 5.71. The zero-order chi connectivity index (χ0) is 19.3. The average molecular weight is 390 g/mol. The normalized spacial score (nSPS) is 11.2. The summed E-state index contributed by atoms with van der Waals surface area (Å²) >= 11 is 1.49. The minimum absolute atomic E-state index is 0.289. The third-order valence-corrected chi connectivity index (χ3v) is 4.92. The largest absolute Gasteiger partial charge is 0.489 e. The van der Waals surface area contributed by atoms with Crippen LogP contribution in [0.2, 0.25) is 0 Å². The standard InChI is InChI=1S/C21H18N4O2S/c1-15-19(25-11-12-28-21(25)23-15)20(26)24-22-13-16-7-9-18(10-8-16)27-14-17-5-3-2-4-6-17/h2-13H,14H2,1H3,(H,24,26)/b22-13-. The van der Waals surface area contributed by atoms with Crippen molar-refractivity contribution in [3.63, 3.8) is 0 Å². The molecule has 6 nitrogen and oxygen atoms in total. The molecular formula is C21H18N4O2S. The van der Waals surface area contributed by atoms with Crippen LogP contribution in [0.15, 0.2) is 71.3 Å². The van der Waals surface area contributed by atoms with Gasteiger partial charge in [0, 0.05) is 11.6 Å². The number of nitrogens with zero attached hydrogens (tertiary/aromatic N) is 3. The lowest BCUT2D eigenvalue weighted by molar-refractivity contribution is 0.0948. The smallest absolute Gasteiger partial charge is 0.290 e. The minimum Gasteiger partial charge on any atom is -0.489 e. The van der Waals surface area contributed by atoms with Gasteiger partial charge in [-0.05, 0) is 42.3 Å². The molecule has 4 rings (SSSR count). The number of benzene rings is 2. The molecule has 2 aromatic heterocycles. The molecule has 0 spiro atoms. The van der Waals surface area contributed by atoms with Crippen LogP contribution in [-0.2, 0) is 6.61 Å². The lowest BCUT2D eigenvalue weighted by Crippen LogP contribution is -2.20. The molecule has 0 aliphatic heterocycles. The van der Waals surface area contributed by atoms with Crippen molar-refractivity contribution in [1.29, 1.82) is 0 Å². The summed E-state index contributed by atoms with van der Waals surface area (Å²) in [5.74, 6) is 0.488. The van der Waals surface area contributed by atoms with Crippen LogP contribution in [0.4, 0.5) is 0 Å². The van der Waals surface area contributed by atoms with E-state index in [-0.39, 0.29) is 5.91 Å². The molecular weight excluding hydrogens is 372 g/mol. The Morgan fingerprint density at radius 3 is 2.79 bits per heavy atom. The average Bonchev–Trinajstić information content (AvgIpc) is 3.28. The zero-order valence-electron chi connectivity index (χ0n) is 15.2. The van der Waals surface area contributed by atoms with Crippen molar-refractivity contribution >= 4 is 28.4 Å². The summed E-state index contributed by atoms with van der Waals surface area (Å²) in [6.45, 7) is 2.33. The lowest BCUT2D eigenvalue weighted by Gasteiger charge is -2.06. The fourth-order valence-corrected chi connectivity index (χ4v) is 3.54. The van der Waals surface area contributed by atoms with Crippen molar-refractivity contribution in [1.82, 2.24) is 14.8 Å². The summed E-state index contributed by atoms with van der Waals surface area (Å²) in [6, 6.07) is 17.5. The second kappa shape index (κ2) is 8.06. The third-order valence-electron chi connectivity index (χ3n) is 4.16. The molecule has 0 fully saturated rings. The number of hydrazone groups is 1. The number of rotatable bonds is 6. The van der Waals surface area contributed by atoms with E-state index in [2.05, 4.69) is 15.5 Å². The predicted molar refractivity (Wildman–Crippen MR) is 110 cm³/mol. The lowest BCUT2D eigenvalue weighted by atomic mass is 10.2. The van der Waals surface area contributed by atoms with Crippen LogP contribution in [0.5, 0.6) is 5.75 Å². The van der Waals surface area contributed by atoms with E-state index in [9.17, 15) is 4.79 Å². The Balaban J connectivity index is 1.35. The van der Waals surface area contributed by atoms with Crippen molar-refractivity contribution < 1.29 is 9.53 Å². The van der Waals surface area contributed by atoms with Crippen molar-refractivity contribution in [3.8, 4) is 5.75 Å². The number of fused-ring (bicyclic) bond motifs is 1. The van der Waals surface area contributed by atoms with E-state index in [0.717, 1.165) is 21.8 Å². The maximum atomic E-state index is 12.4. The molecule has 7 heteroatoms. The minimum atomic E-state index is -0.289. The van der Waals surface area contributed by atoms with Crippen molar-refractivity contribution in [3.05, 3.63) is 88.7 Å². The maximum Gasteiger partial charge on any atom is 0.290 e. The highest BCUT2D eigenvalue weighted by atomic mass is 32.1. The van der Waals surface area contributed by atoms with Crippen molar-refractivity contribution in [2.45, 2.75) is 13.5 Å². The number of aryl methyl sites for hydroxylation is 1. The van der Waals surface area contributed by atoms with Crippen LogP contribution in [0.25, 0.3) is 4.96 Å². The van der Waals surface area contributed by atoms with Crippen LogP contribution in [0, 0.1) is 6.92 Å². The van der Waals surface area contributed by atoms with Crippen LogP contribution in [-0.4, -0.2) is 21.5 Å². The molecule has 0 bridgehead atoms. The van der Waals surface area contributed by atoms with Gasteiger partial charge in [-0.25, -0.2) is 10.4 Å². The number of hydrogen-bond donors (Lipinski definition) is 1. The SMILES string of the molecule is Cc1nc2sccn2c1C(=O)N/N=C\c1ccc(OCc2ccccc2)cc1. The molecule has 4 aromatic rings. The van der Waals surface area contributed by atoms with Crippen LogP contribution in [0.1, 0.15) is 27.3 Å². The van der Waals surface area contributed by atoms with Gasteiger partial charge >= 0.3 is 0 Å². The second-order valence-electron chi connectivity index (χ2n) is 6.14. The third kappa shape index (κ3) is 3.94. The molecule has 0 atom stereocenters. The highest BCUT2D eigenvalue weighted by Gasteiger charge is 2.16. The molecule has 0 saturated carbocycles. The first-order chi connectivity index (χ1) is 13.7. The number of hydrogen-bond acceptors (Lipinski definition) is 5. The zero-order valence-corrected chi connectivity index (χ0v) is 16.0.